The third kappa shape index (κ3) is 3.71. The average Bonchev–Trinajstić information content (AvgIpc) is 3.20. The maximum Gasteiger partial charge on any atom is 0.272 e. The van der Waals surface area contributed by atoms with Gasteiger partial charge >= 0.3 is 0 Å². The quantitative estimate of drug-likeness (QED) is 0.445. The molecule has 158 valence electrons. The molecule has 32 heavy (non-hydrogen) atoms. The fourth-order valence-corrected chi connectivity index (χ4v) is 3.67. The molecule has 4 aromatic heterocycles. The zero-order valence-electron chi connectivity index (χ0n) is 17.6. The van der Waals surface area contributed by atoms with Crippen LogP contribution in [-0.2, 0) is 6.54 Å². The lowest BCUT2D eigenvalue weighted by Gasteiger charge is -2.10. The molecule has 0 radical (unpaired) electrons. The van der Waals surface area contributed by atoms with E-state index >= 15 is 0 Å². The lowest BCUT2D eigenvalue weighted by Crippen LogP contribution is -2.10. The van der Waals surface area contributed by atoms with Gasteiger partial charge in [0.1, 0.15) is 0 Å². The van der Waals surface area contributed by atoms with Gasteiger partial charge in [0.25, 0.3) is 5.56 Å². The van der Waals surface area contributed by atoms with Crippen LogP contribution in [0.1, 0.15) is 16.8 Å². The molecule has 0 amide bonds. The van der Waals surface area contributed by atoms with Crippen LogP contribution >= 0.6 is 0 Å². The smallest absolute Gasteiger partial charge is 0.272 e. The number of hydrogen-bond donors (Lipinski definition) is 2. The molecule has 5 rings (SSSR count). The Morgan fingerprint density at radius 1 is 0.969 bits per heavy atom. The molecule has 9 nitrogen and oxygen atoms in total. The van der Waals surface area contributed by atoms with Crippen LogP contribution in [0.15, 0.2) is 65.8 Å². The number of fused-ring (bicyclic) bond motifs is 1. The van der Waals surface area contributed by atoms with Crippen LogP contribution in [0.2, 0.25) is 0 Å². The van der Waals surface area contributed by atoms with E-state index in [4.69, 9.17) is 0 Å². The molecule has 4 heterocycles. The minimum absolute atomic E-state index is 0.280. The molecular formula is C23H20N8O. The largest absolute Gasteiger partial charge is 0.349 e. The summed E-state index contributed by atoms with van der Waals surface area (Å²) in [5, 5.41) is 22.2. The molecule has 2 N–H and O–H groups in total. The van der Waals surface area contributed by atoms with Gasteiger partial charge < -0.3 is 5.32 Å². The molecular weight excluding hydrogens is 404 g/mol. The fourth-order valence-electron chi connectivity index (χ4n) is 3.67. The fraction of sp³-hybridized carbons (Fsp3) is 0.130. The number of pyridine rings is 1. The van der Waals surface area contributed by atoms with Crippen molar-refractivity contribution in [3.05, 3.63) is 88.2 Å². The van der Waals surface area contributed by atoms with Crippen molar-refractivity contribution in [3.8, 4) is 22.3 Å². The Labute approximate surface area is 183 Å². The number of nitrogens with one attached hydrogen (secondary N) is 2. The predicted octanol–water partition coefficient (Wildman–Crippen LogP) is 3.17. The Bertz CT molecular complexity index is 1490. The Morgan fingerprint density at radius 2 is 1.88 bits per heavy atom. The van der Waals surface area contributed by atoms with E-state index in [-0.39, 0.29) is 5.56 Å². The van der Waals surface area contributed by atoms with Crippen LogP contribution in [0, 0.1) is 13.8 Å². The van der Waals surface area contributed by atoms with Crippen LogP contribution < -0.4 is 10.9 Å². The number of rotatable bonds is 5. The normalized spacial score (nSPS) is 11.1. The van der Waals surface area contributed by atoms with E-state index in [9.17, 15) is 4.79 Å². The van der Waals surface area contributed by atoms with Gasteiger partial charge in [0, 0.05) is 30.2 Å². The van der Waals surface area contributed by atoms with Gasteiger partial charge in [-0.2, -0.15) is 14.7 Å². The van der Waals surface area contributed by atoms with Gasteiger partial charge in [0.2, 0.25) is 5.95 Å². The van der Waals surface area contributed by atoms with E-state index in [1.165, 1.54) is 17.3 Å². The summed E-state index contributed by atoms with van der Waals surface area (Å²) in [6, 6.07) is 13.9. The highest BCUT2D eigenvalue weighted by Crippen LogP contribution is 2.25. The summed E-state index contributed by atoms with van der Waals surface area (Å²) in [7, 11) is 0. The van der Waals surface area contributed by atoms with Crippen molar-refractivity contribution in [2.45, 2.75) is 20.4 Å². The van der Waals surface area contributed by atoms with Crippen molar-refractivity contribution < 1.29 is 0 Å². The highest BCUT2D eigenvalue weighted by atomic mass is 16.1. The minimum atomic E-state index is -0.280. The van der Waals surface area contributed by atoms with Gasteiger partial charge in [-0.25, -0.2) is 5.10 Å². The Kier molecular flexibility index (Phi) is 4.91. The Hall–Kier alpha value is -4.40. The molecule has 0 bridgehead atoms. The monoisotopic (exact) mass is 424 g/mol. The second-order valence-corrected chi connectivity index (χ2v) is 7.53. The van der Waals surface area contributed by atoms with Crippen LogP contribution in [0.3, 0.4) is 0 Å². The van der Waals surface area contributed by atoms with E-state index in [0.717, 1.165) is 16.8 Å². The van der Waals surface area contributed by atoms with E-state index < -0.39 is 0 Å². The third-order valence-electron chi connectivity index (χ3n) is 5.25. The SMILES string of the molecule is Cc1cc(-c2ccc(CNc3nnc4cc(-c5ccn[nH]c5=O)cnn34)cc2C)ccn1. The number of anilines is 1. The number of aromatic amines is 1. The molecule has 0 unspecified atom stereocenters. The summed E-state index contributed by atoms with van der Waals surface area (Å²) in [4.78, 5) is 16.2. The molecule has 9 heteroatoms. The lowest BCUT2D eigenvalue weighted by atomic mass is 9.99. The van der Waals surface area contributed by atoms with E-state index in [1.807, 2.05) is 19.2 Å². The van der Waals surface area contributed by atoms with Crippen molar-refractivity contribution in [1.29, 1.82) is 0 Å². The number of benzene rings is 1. The van der Waals surface area contributed by atoms with Gasteiger partial charge in [-0.3, -0.25) is 9.78 Å². The maximum atomic E-state index is 12.0. The molecule has 0 aliphatic heterocycles. The number of H-pyrrole nitrogens is 1. The number of nitrogens with zero attached hydrogens (tertiary/aromatic N) is 6. The van der Waals surface area contributed by atoms with E-state index in [0.29, 0.717) is 29.3 Å². The van der Waals surface area contributed by atoms with Gasteiger partial charge in [-0.05, 0) is 60.4 Å². The Morgan fingerprint density at radius 3 is 2.69 bits per heavy atom. The van der Waals surface area contributed by atoms with Gasteiger partial charge in [0.05, 0.1) is 11.8 Å². The number of aryl methyl sites for hydroxylation is 2. The highest BCUT2D eigenvalue weighted by molar-refractivity contribution is 5.68. The van der Waals surface area contributed by atoms with Gasteiger partial charge in [-0.1, -0.05) is 18.2 Å². The zero-order chi connectivity index (χ0) is 22.1. The Balaban J connectivity index is 1.36. The van der Waals surface area contributed by atoms with Crippen LogP contribution in [-0.4, -0.2) is 35.0 Å². The van der Waals surface area contributed by atoms with Crippen molar-refractivity contribution in [1.82, 2.24) is 35.0 Å². The maximum absolute atomic E-state index is 12.0. The summed E-state index contributed by atoms with van der Waals surface area (Å²) < 4.78 is 1.61. The molecule has 0 spiro atoms. The van der Waals surface area contributed by atoms with Crippen molar-refractivity contribution in [3.63, 3.8) is 0 Å². The van der Waals surface area contributed by atoms with E-state index in [2.05, 4.69) is 67.0 Å². The molecule has 0 saturated heterocycles. The zero-order valence-corrected chi connectivity index (χ0v) is 17.6. The van der Waals surface area contributed by atoms with Crippen LogP contribution in [0.25, 0.3) is 27.9 Å². The molecule has 0 fully saturated rings. The average molecular weight is 424 g/mol. The van der Waals surface area contributed by atoms with Gasteiger partial charge in [-0.15, -0.1) is 10.2 Å². The summed E-state index contributed by atoms with van der Waals surface area (Å²) >= 11 is 0. The molecule has 0 saturated carbocycles. The van der Waals surface area contributed by atoms with Crippen molar-refractivity contribution in [2.24, 2.45) is 0 Å². The van der Waals surface area contributed by atoms with Crippen LogP contribution in [0.5, 0.6) is 0 Å². The lowest BCUT2D eigenvalue weighted by molar-refractivity contribution is 0.912. The number of hydrogen-bond acceptors (Lipinski definition) is 7. The summed E-state index contributed by atoms with van der Waals surface area (Å²) in [6.07, 6.45) is 4.97. The standard InChI is InChI=1S/C23H20N8O/c1-14-9-16(3-4-19(14)17-5-7-24-15(2)10-17)12-25-23-30-28-21-11-18(13-27-31(21)23)20-6-8-26-29-22(20)32/h3-11,13H,12H2,1-2H3,(H,25,30)(H,29,32). The first kappa shape index (κ1) is 19.6. The first-order valence-corrected chi connectivity index (χ1v) is 10.1. The minimum Gasteiger partial charge on any atom is -0.349 e. The van der Waals surface area contributed by atoms with Crippen LogP contribution in [0.4, 0.5) is 5.95 Å². The highest BCUT2D eigenvalue weighted by Gasteiger charge is 2.11. The third-order valence-corrected chi connectivity index (χ3v) is 5.25. The summed E-state index contributed by atoms with van der Waals surface area (Å²) in [6.45, 7) is 4.67. The predicted molar refractivity (Wildman–Crippen MR) is 121 cm³/mol. The molecule has 1 aromatic carbocycles. The van der Waals surface area contributed by atoms with Crippen molar-refractivity contribution >= 4 is 11.6 Å². The first-order chi connectivity index (χ1) is 15.6. The summed E-state index contributed by atoms with van der Waals surface area (Å²) in [5.74, 6) is 0.529. The summed E-state index contributed by atoms with van der Waals surface area (Å²) in [5.41, 5.74) is 7.04. The van der Waals surface area contributed by atoms with E-state index in [1.54, 1.807) is 22.8 Å². The number of aromatic nitrogens is 7. The second kappa shape index (κ2) is 8.03. The molecule has 5 aromatic rings. The molecule has 0 aliphatic rings. The second-order valence-electron chi connectivity index (χ2n) is 7.53. The molecule has 0 atom stereocenters. The van der Waals surface area contributed by atoms with Crippen molar-refractivity contribution in [2.75, 3.05) is 5.32 Å². The topological polar surface area (TPSA) is 114 Å². The molecule has 0 aliphatic carbocycles. The van der Waals surface area contributed by atoms with Gasteiger partial charge in [0.15, 0.2) is 5.65 Å². The first-order valence-electron chi connectivity index (χ1n) is 10.1.